The van der Waals surface area contributed by atoms with Crippen molar-refractivity contribution in [2.24, 2.45) is 0 Å². The molecule has 2 aromatic rings. The van der Waals surface area contributed by atoms with Crippen molar-refractivity contribution in [3.63, 3.8) is 0 Å². The van der Waals surface area contributed by atoms with Crippen LogP contribution in [0.5, 0.6) is 0 Å². The quantitative estimate of drug-likeness (QED) is 0.447. The molecule has 2 rings (SSSR count). The van der Waals surface area contributed by atoms with Gasteiger partial charge >= 0.3 is 0 Å². The molecule has 0 amide bonds. The van der Waals surface area contributed by atoms with Gasteiger partial charge in [0.15, 0.2) is 0 Å². The van der Waals surface area contributed by atoms with E-state index in [2.05, 4.69) is 36.4 Å². The van der Waals surface area contributed by atoms with Crippen LogP contribution in [0, 0.1) is 0 Å². The minimum absolute atomic E-state index is 1.35. The van der Waals surface area contributed by atoms with E-state index in [1.807, 2.05) is 0 Å². The van der Waals surface area contributed by atoms with E-state index in [0.29, 0.717) is 0 Å². The van der Waals surface area contributed by atoms with Gasteiger partial charge in [0.05, 0.1) is 0 Å². The van der Waals surface area contributed by atoms with E-state index in [1.54, 1.807) is 0 Å². The molecule has 0 aliphatic carbocycles. The third kappa shape index (κ3) is 0.348. The zero-order valence-corrected chi connectivity index (χ0v) is 4.46. The van der Waals surface area contributed by atoms with Gasteiger partial charge in [0.25, 0.3) is 0 Å². The fraction of sp³-hybridized carbons (Fsp3) is 0. The van der Waals surface area contributed by atoms with Crippen LogP contribution in [-0.2, 0) is 0 Å². The van der Waals surface area contributed by atoms with Crippen LogP contribution < -0.4 is 0 Å². The molecule has 0 saturated heterocycles. The largest absolute Gasteiger partial charge is 0.287 e. The summed E-state index contributed by atoms with van der Waals surface area (Å²) in [4.78, 5) is 0. The fourth-order valence-electron chi connectivity index (χ4n) is 1.01. The molecule has 0 aromatic heterocycles. The number of fused-ring (bicyclic) bond motifs is 1. The minimum atomic E-state index is 1.35. The zero-order chi connectivity index (χ0) is 5.40. The summed E-state index contributed by atoms with van der Waals surface area (Å²) >= 11 is 0. The predicted octanol–water partition coefficient (Wildman–Crippen LogP) is 2.28. The maximum Gasteiger partial charge on any atom is -0.164 e. The van der Waals surface area contributed by atoms with Crippen molar-refractivity contribution in [2.45, 2.75) is 0 Å². The summed E-state index contributed by atoms with van der Waals surface area (Å²) in [6.45, 7) is 0. The Hall–Kier alpha value is -1.04. The lowest BCUT2D eigenvalue weighted by Gasteiger charge is -1.89. The maximum atomic E-state index is 2.12. The van der Waals surface area contributed by atoms with Crippen LogP contribution in [-0.4, -0.2) is 0 Å². The Labute approximate surface area is 48.1 Å². The topological polar surface area (TPSA) is 0 Å². The summed E-state index contributed by atoms with van der Waals surface area (Å²) in [6.07, 6.45) is 0. The first-order valence-corrected chi connectivity index (χ1v) is 2.74. The van der Waals surface area contributed by atoms with Crippen molar-refractivity contribution < 1.29 is 0 Å². The van der Waals surface area contributed by atoms with E-state index < -0.39 is 0 Å². The smallest absolute Gasteiger partial charge is 0.164 e. The molecular formula is C8H6-2. The van der Waals surface area contributed by atoms with Crippen LogP contribution in [0.2, 0.25) is 0 Å². The van der Waals surface area contributed by atoms with E-state index in [9.17, 15) is 0 Å². The van der Waals surface area contributed by atoms with Gasteiger partial charge in [-0.25, -0.2) is 18.2 Å². The predicted molar refractivity (Wildman–Crippen MR) is 35.1 cm³/mol. The first-order chi connectivity index (χ1) is 3.97. The molecule has 0 aliphatic heterocycles. The third-order valence-electron chi connectivity index (χ3n) is 1.44. The molecule has 0 heterocycles. The summed E-state index contributed by atoms with van der Waals surface area (Å²) in [7, 11) is 0. The average molecular weight is 102 g/mol. The molecule has 0 radical (unpaired) electrons. The standard InChI is InChI=1S/C8H6/c1-3-7-5-2-6-8(7)4-1/h1-6H/q-2. The highest BCUT2D eigenvalue weighted by atomic mass is 13.9. The monoisotopic (exact) mass is 102 g/mol. The Balaban J connectivity index is 3.06. The number of hydrogen-bond donors (Lipinski definition) is 0. The molecule has 0 nitrogen and oxygen atoms in total. The summed E-state index contributed by atoms with van der Waals surface area (Å²) in [5.41, 5.74) is 0. The highest BCUT2D eigenvalue weighted by Crippen LogP contribution is 2.14. The summed E-state index contributed by atoms with van der Waals surface area (Å²) < 4.78 is 0. The lowest BCUT2D eigenvalue weighted by Crippen LogP contribution is -1.38. The van der Waals surface area contributed by atoms with Gasteiger partial charge in [-0.1, -0.05) is 0 Å². The molecule has 0 heteroatoms. The van der Waals surface area contributed by atoms with E-state index in [0.717, 1.165) is 0 Å². The Morgan fingerprint density at radius 2 is 1.62 bits per heavy atom. The molecule has 0 unspecified atom stereocenters. The van der Waals surface area contributed by atoms with Gasteiger partial charge in [-0.15, -0.1) is 0 Å². The van der Waals surface area contributed by atoms with Crippen molar-refractivity contribution in [1.29, 1.82) is 0 Å². The van der Waals surface area contributed by atoms with E-state index in [4.69, 9.17) is 0 Å². The minimum Gasteiger partial charge on any atom is -0.287 e. The molecule has 0 aliphatic rings. The maximum absolute atomic E-state index is 2.12. The Morgan fingerprint density at radius 1 is 1.00 bits per heavy atom. The Bertz CT molecular complexity index is 221. The van der Waals surface area contributed by atoms with Crippen LogP contribution in [0.15, 0.2) is 36.4 Å². The van der Waals surface area contributed by atoms with Crippen LogP contribution in [0.1, 0.15) is 0 Å². The fourth-order valence-corrected chi connectivity index (χ4v) is 1.01. The lowest BCUT2D eigenvalue weighted by atomic mass is 10.4. The second-order valence-electron chi connectivity index (χ2n) is 1.96. The first-order valence-electron chi connectivity index (χ1n) is 2.74. The number of rotatable bonds is 0. The van der Waals surface area contributed by atoms with E-state index >= 15 is 0 Å². The molecule has 0 fully saturated rings. The van der Waals surface area contributed by atoms with Crippen LogP contribution >= 0.6 is 0 Å². The van der Waals surface area contributed by atoms with E-state index in [-0.39, 0.29) is 0 Å². The Kier molecular flexibility index (Phi) is 0.595. The molecule has 0 bridgehead atoms. The molecule has 40 valence electrons. The summed E-state index contributed by atoms with van der Waals surface area (Å²) in [6, 6.07) is 12.6. The van der Waals surface area contributed by atoms with Crippen molar-refractivity contribution in [2.75, 3.05) is 0 Å². The van der Waals surface area contributed by atoms with Crippen molar-refractivity contribution >= 4 is 10.8 Å². The molecule has 0 saturated carbocycles. The van der Waals surface area contributed by atoms with Crippen LogP contribution in [0.3, 0.4) is 0 Å². The highest BCUT2D eigenvalue weighted by Gasteiger charge is 1.67. The summed E-state index contributed by atoms with van der Waals surface area (Å²) in [5, 5.41) is 2.70. The van der Waals surface area contributed by atoms with Gasteiger partial charge in [-0.2, -0.15) is 12.1 Å². The van der Waals surface area contributed by atoms with Gasteiger partial charge in [-0.3, -0.25) is 16.8 Å². The van der Waals surface area contributed by atoms with Gasteiger partial charge < -0.3 is 0 Å². The lowest BCUT2D eigenvalue weighted by molar-refractivity contribution is 1.97. The van der Waals surface area contributed by atoms with Gasteiger partial charge in [0, 0.05) is 0 Å². The normalized spacial score (nSPS) is 10.5. The second-order valence-corrected chi connectivity index (χ2v) is 1.96. The molecule has 8 heavy (non-hydrogen) atoms. The molecule has 0 atom stereocenters. The zero-order valence-electron chi connectivity index (χ0n) is 4.46. The molecule has 0 spiro atoms. The Morgan fingerprint density at radius 3 is 2.12 bits per heavy atom. The SMILES string of the molecule is c1cc2cc[cH-]c2[cH-]1. The van der Waals surface area contributed by atoms with Crippen molar-refractivity contribution in [3.8, 4) is 0 Å². The van der Waals surface area contributed by atoms with Crippen molar-refractivity contribution in [3.05, 3.63) is 36.4 Å². The highest BCUT2D eigenvalue weighted by molar-refractivity contribution is 5.85. The van der Waals surface area contributed by atoms with Crippen molar-refractivity contribution in [1.82, 2.24) is 0 Å². The average Bonchev–Trinajstić information content (AvgIpc) is 2.15. The second kappa shape index (κ2) is 1.22. The van der Waals surface area contributed by atoms with Crippen LogP contribution in [0.4, 0.5) is 0 Å². The van der Waals surface area contributed by atoms with Gasteiger partial charge in [0.1, 0.15) is 0 Å². The first kappa shape index (κ1) is 3.90. The molecular weight excluding hydrogens is 96.1 g/mol. The molecule has 0 N–H and O–H groups in total. The molecule has 2 aromatic carbocycles. The van der Waals surface area contributed by atoms with Gasteiger partial charge in [-0.05, 0) is 0 Å². The number of hydrogen-bond acceptors (Lipinski definition) is 0. The van der Waals surface area contributed by atoms with E-state index in [1.165, 1.54) is 10.8 Å². The summed E-state index contributed by atoms with van der Waals surface area (Å²) in [5.74, 6) is 0. The van der Waals surface area contributed by atoms with Crippen LogP contribution in [0.25, 0.3) is 10.8 Å². The third-order valence-corrected chi connectivity index (χ3v) is 1.44. The van der Waals surface area contributed by atoms with Gasteiger partial charge in [0.2, 0.25) is 0 Å².